The lowest BCUT2D eigenvalue weighted by molar-refractivity contribution is 0.0967. The zero-order valence-corrected chi connectivity index (χ0v) is 24.5. The highest BCUT2D eigenvalue weighted by Gasteiger charge is 2.35. The summed E-state index contributed by atoms with van der Waals surface area (Å²) in [6.45, 7) is 9.14. The monoisotopic (exact) mass is 589 g/mol. The Bertz CT molecular complexity index is 1570. The van der Waals surface area contributed by atoms with E-state index in [9.17, 15) is 12.8 Å². The fourth-order valence-corrected chi connectivity index (χ4v) is 6.49. The number of nitrogens with zero attached hydrogens (tertiary/aromatic N) is 4. The zero-order valence-electron chi connectivity index (χ0n) is 23.7. The molecule has 2 aliphatic heterocycles. The van der Waals surface area contributed by atoms with E-state index in [-0.39, 0.29) is 29.0 Å². The van der Waals surface area contributed by atoms with Crippen LogP contribution in [0, 0.1) is 17.5 Å². The summed E-state index contributed by atoms with van der Waals surface area (Å²) < 4.78 is 74.9. The highest BCUT2D eigenvalue weighted by molar-refractivity contribution is 7.91. The molecule has 1 saturated heterocycles. The van der Waals surface area contributed by atoms with Crippen LogP contribution in [0.4, 0.5) is 36.2 Å². The summed E-state index contributed by atoms with van der Waals surface area (Å²) in [5.74, 6) is -1.73. The van der Waals surface area contributed by atoms with E-state index in [1.807, 2.05) is 37.5 Å². The molecular formula is C29H34F3N5O3S. The van der Waals surface area contributed by atoms with Gasteiger partial charge in [0.2, 0.25) is 5.95 Å². The number of anilines is 4. The molecule has 0 aliphatic carbocycles. The van der Waals surface area contributed by atoms with E-state index in [0.717, 1.165) is 6.20 Å². The normalized spacial score (nSPS) is 17.4. The molecule has 1 aromatic heterocycles. The van der Waals surface area contributed by atoms with Gasteiger partial charge in [0.1, 0.15) is 26.9 Å². The van der Waals surface area contributed by atoms with Gasteiger partial charge in [0.05, 0.1) is 29.4 Å². The summed E-state index contributed by atoms with van der Waals surface area (Å²) >= 11 is 0. The van der Waals surface area contributed by atoms with Crippen LogP contribution < -0.4 is 19.9 Å². The molecule has 1 N–H and O–H groups in total. The van der Waals surface area contributed by atoms with Gasteiger partial charge in [-0.2, -0.15) is 0 Å². The van der Waals surface area contributed by atoms with E-state index < -0.39 is 38.1 Å². The lowest BCUT2D eigenvalue weighted by atomic mass is 10.0. The van der Waals surface area contributed by atoms with Gasteiger partial charge in [-0.1, -0.05) is 0 Å². The van der Waals surface area contributed by atoms with E-state index in [2.05, 4.69) is 15.3 Å². The number of rotatable bonds is 6. The molecule has 220 valence electrons. The Morgan fingerprint density at radius 1 is 1.02 bits per heavy atom. The minimum atomic E-state index is -3.13. The molecule has 1 fully saturated rings. The third-order valence-electron chi connectivity index (χ3n) is 7.50. The second-order valence-corrected chi connectivity index (χ2v) is 13.9. The molecule has 8 nitrogen and oxygen atoms in total. The summed E-state index contributed by atoms with van der Waals surface area (Å²) in [5.41, 5.74) is 0.732. The van der Waals surface area contributed by atoms with Crippen LogP contribution in [0.15, 0.2) is 36.5 Å². The molecule has 5 rings (SSSR count). The fraction of sp³-hybridized carbons (Fsp3) is 0.448. The van der Waals surface area contributed by atoms with Crippen LogP contribution in [-0.4, -0.2) is 61.2 Å². The van der Waals surface area contributed by atoms with Gasteiger partial charge in [-0.25, -0.2) is 31.6 Å². The van der Waals surface area contributed by atoms with E-state index in [0.29, 0.717) is 49.5 Å². The van der Waals surface area contributed by atoms with Crippen LogP contribution >= 0.6 is 0 Å². The Morgan fingerprint density at radius 2 is 1.73 bits per heavy atom. The van der Waals surface area contributed by atoms with Crippen molar-refractivity contribution in [3.63, 3.8) is 0 Å². The average Bonchev–Trinajstić information content (AvgIpc) is 2.89. The van der Waals surface area contributed by atoms with Crippen molar-refractivity contribution in [3.05, 3.63) is 54.0 Å². The largest absolute Gasteiger partial charge is 0.481 e. The molecule has 0 radical (unpaired) electrons. The lowest BCUT2D eigenvalue weighted by Crippen LogP contribution is -2.49. The predicted molar refractivity (Wildman–Crippen MR) is 154 cm³/mol. The first-order chi connectivity index (χ1) is 19.2. The quantitative estimate of drug-likeness (QED) is 0.392. The minimum Gasteiger partial charge on any atom is -0.481 e. The Balaban J connectivity index is 1.39. The van der Waals surface area contributed by atoms with E-state index in [1.165, 1.54) is 18.4 Å². The number of halogens is 3. The van der Waals surface area contributed by atoms with E-state index in [1.54, 1.807) is 18.2 Å². The molecular weight excluding hydrogens is 555 g/mol. The summed E-state index contributed by atoms with van der Waals surface area (Å²) in [7, 11) is -3.13. The van der Waals surface area contributed by atoms with Crippen molar-refractivity contribution in [1.82, 2.24) is 9.97 Å². The first kappa shape index (κ1) is 29.0. The van der Waals surface area contributed by atoms with Gasteiger partial charge >= 0.3 is 0 Å². The number of piperidine rings is 1. The van der Waals surface area contributed by atoms with Gasteiger partial charge in [-0.3, -0.25) is 0 Å². The van der Waals surface area contributed by atoms with Crippen molar-refractivity contribution in [3.8, 4) is 17.0 Å². The lowest BCUT2D eigenvalue weighted by Gasteiger charge is -2.43. The number of benzene rings is 2. The fourth-order valence-electron chi connectivity index (χ4n) is 5.42. The third kappa shape index (κ3) is 6.07. The molecule has 2 aliphatic rings. The van der Waals surface area contributed by atoms with Gasteiger partial charge < -0.3 is 19.9 Å². The van der Waals surface area contributed by atoms with Crippen LogP contribution in [0.3, 0.4) is 0 Å². The zero-order chi connectivity index (χ0) is 29.7. The van der Waals surface area contributed by atoms with Crippen LogP contribution in [0.2, 0.25) is 0 Å². The van der Waals surface area contributed by atoms with E-state index in [4.69, 9.17) is 4.74 Å². The van der Waals surface area contributed by atoms with Gasteiger partial charge in [0.25, 0.3) is 0 Å². The summed E-state index contributed by atoms with van der Waals surface area (Å²) in [4.78, 5) is 12.1. The molecule has 2 aromatic carbocycles. The Kier molecular flexibility index (Phi) is 7.56. The van der Waals surface area contributed by atoms with Crippen molar-refractivity contribution >= 4 is 32.8 Å². The van der Waals surface area contributed by atoms with Gasteiger partial charge in [-0.15, -0.1) is 0 Å². The average molecular weight is 590 g/mol. The van der Waals surface area contributed by atoms with Crippen LogP contribution in [-0.2, 0) is 9.84 Å². The first-order valence-corrected chi connectivity index (χ1v) is 15.5. The SMILES string of the molecule is CC(C)N1CC(C)(C)Oc2c(F)cc(-c3nc(Nc4ccc(N5CCC(S(C)(=O)=O)CC5)c(F)c4)ncc3F)cc21. The topological polar surface area (TPSA) is 87.7 Å². The van der Waals surface area contributed by atoms with Crippen LogP contribution in [0.1, 0.15) is 40.5 Å². The maximum atomic E-state index is 15.3. The van der Waals surface area contributed by atoms with Gasteiger partial charge in [-0.05, 0) is 70.9 Å². The number of hydrogen-bond acceptors (Lipinski definition) is 8. The molecule has 0 amide bonds. The third-order valence-corrected chi connectivity index (χ3v) is 9.18. The van der Waals surface area contributed by atoms with Crippen molar-refractivity contribution < 1.29 is 26.3 Å². The number of fused-ring (bicyclic) bond motifs is 1. The molecule has 0 unspecified atom stereocenters. The van der Waals surface area contributed by atoms with Crippen LogP contribution in [0.5, 0.6) is 5.75 Å². The highest BCUT2D eigenvalue weighted by atomic mass is 32.2. The van der Waals surface area contributed by atoms with Crippen molar-refractivity contribution in [1.29, 1.82) is 0 Å². The molecule has 0 spiro atoms. The van der Waals surface area contributed by atoms with Crippen molar-refractivity contribution in [2.45, 2.75) is 57.4 Å². The molecule has 0 atom stereocenters. The highest BCUT2D eigenvalue weighted by Crippen LogP contribution is 2.43. The second kappa shape index (κ2) is 10.7. The van der Waals surface area contributed by atoms with Crippen molar-refractivity contribution in [2.75, 3.05) is 41.0 Å². The molecule has 0 bridgehead atoms. The first-order valence-electron chi connectivity index (χ1n) is 13.5. The Morgan fingerprint density at radius 3 is 2.37 bits per heavy atom. The molecule has 3 aromatic rings. The predicted octanol–water partition coefficient (Wildman–Crippen LogP) is 5.70. The van der Waals surface area contributed by atoms with Crippen LogP contribution in [0.25, 0.3) is 11.3 Å². The Labute approximate surface area is 238 Å². The smallest absolute Gasteiger partial charge is 0.227 e. The van der Waals surface area contributed by atoms with Gasteiger partial charge in [0, 0.05) is 36.6 Å². The number of nitrogens with one attached hydrogen (secondary N) is 1. The van der Waals surface area contributed by atoms with Crippen molar-refractivity contribution in [2.24, 2.45) is 0 Å². The molecule has 12 heteroatoms. The standard InChI is InChI=1S/C29H34F3N5O3S/c1-17(2)37-16-29(3,4)40-27-22(31)12-18(13-25(27)37)26-23(32)15-33-28(35-26)34-19-6-7-24(21(30)14-19)36-10-8-20(9-11-36)41(5,38)39/h6-7,12-15,17,20H,8-11,16H2,1-5H3,(H,33,34,35). The number of sulfone groups is 1. The number of hydrogen-bond donors (Lipinski definition) is 1. The summed E-state index contributed by atoms with van der Waals surface area (Å²) in [6, 6.07) is 7.42. The number of ether oxygens (including phenoxy) is 1. The molecule has 3 heterocycles. The summed E-state index contributed by atoms with van der Waals surface area (Å²) in [5, 5.41) is 2.49. The number of aromatic nitrogens is 2. The molecule has 0 saturated carbocycles. The van der Waals surface area contributed by atoms with E-state index >= 15 is 8.78 Å². The molecule has 41 heavy (non-hydrogen) atoms. The Hall–Kier alpha value is -3.54. The maximum absolute atomic E-state index is 15.3. The maximum Gasteiger partial charge on any atom is 0.227 e. The minimum absolute atomic E-state index is 0.0127. The van der Waals surface area contributed by atoms with Gasteiger partial charge in [0.15, 0.2) is 17.4 Å². The summed E-state index contributed by atoms with van der Waals surface area (Å²) in [6.07, 6.45) is 3.09. The second-order valence-electron chi connectivity index (χ2n) is 11.6.